The summed E-state index contributed by atoms with van der Waals surface area (Å²) in [5.74, 6) is 3.36. The fourth-order valence-electron chi connectivity index (χ4n) is 7.56. The van der Waals surface area contributed by atoms with Crippen molar-refractivity contribution >= 4 is 5.69 Å². The molecule has 0 N–H and O–H groups in total. The van der Waals surface area contributed by atoms with Crippen molar-refractivity contribution in [1.29, 1.82) is 0 Å². The van der Waals surface area contributed by atoms with Crippen molar-refractivity contribution in [2.45, 2.75) is 0 Å². The first kappa shape index (κ1) is 37.5. The molecule has 0 spiro atoms. The molecule has 2 heterocycles. The van der Waals surface area contributed by atoms with Crippen LogP contribution in [0.4, 0.5) is 5.69 Å². The van der Waals surface area contributed by atoms with Gasteiger partial charge in [-0.05, 0) is 57.6 Å². The van der Waals surface area contributed by atoms with Crippen LogP contribution in [0, 0.1) is 6.57 Å². The third kappa shape index (κ3) is 7.75. The van der Waals surface area contributed by atoms with Crippen LogP contribution in [-0.4, -0.2) is 29.9 Å². The standard InChI is InChI=1S/C55H35N7/c1-56-45-29-17-27-42(35-45)49-36-43(46-30-14-15-31-47(46)54-59-50(38-20-8-3-9-21-38)57-51(60-54)39-22-10-4-11-23-39)32-33-48(49)55-61-52(40-24-12-5-13-25-40)58-53(62-55)44-28-16-26-41(34-44)37-18-6-2-7-19-37/h2-36H. The predicted molar refractivity (Wildman–Crippen MR) is 248 cm³/mol. The number of nitrogens with zero attached hydrogens (tertiary/aromatic N) is 7. The smallest absolute Gasteiger partial charge is 0.187 e. The van der Waals surface area contributed by atoms with Crippen LogP contribution in [0.3, 0.4) is 0 Å². The summed E-state index contributed by atoms with van der Waals surface area (Å²) in [6.07, 6.45) is 0. The van der Waals surface area contributed by atoms with Gasteiger partial charge in [0.15, 0.2) is 40.6 Å². The summed E-state index contributed by atoms with van der Waals surface area (Å²) in [6, 6.07) is 70.7. The third-order valence-electron chi connectivity index (χ3n) is 10.6. The van der Waals surface area contributed by atoms with Gasteiger partial charge in [-0.2, -0.15) is 0 Å². The van der Waals surface area contributed by atoms with E-state index in [-0.39, 0.29) is 0 Å². The van der Waals surface area contributed by atoms with Crippen molar-refractivity contribution in [2.24, 2.45) is 0 Å². The molecule has 0 fully saturated rings. The van der Waals surface area contributed by atoms with Gasteiger partial charge in [0.25, 0.3) is 0 Å². The number of hydrogen-bond acceptors (Lipinski definition) is 6. The Bertz CT molecular complexity index is 3180. The largest absolute Gasteiger partial charge is 0.238 e. The van der Waals surface area contributed by atoms with Crippen LogP contribution in [0.2, 0.25) is 0 Å². The van der Waals surface area contributed by atoms with Gasteiger partial charge in [0.2, 0.25) is 0 Å². The van der Waals surface area contributed by atoms with Crippen molar-refractivity contribution in [3.05, 3.63) is 224 Å². The highest BCUT2D eigenvalue weighted by Crippen LogP contribution is 2.40. The average molecular weight is 794 g/mol. The Morgan fingerprint density at radius 3 is 1.18 bits per heavy atom. The summed E-state index contributed by atoms with van der Waals surface area (Å²) in [5, 5.41) is 0. The minimum atomic E-state index is 0.513. The predicted octanol–water partition coefficient (Wildman–Crippen LogP) is 13.6. The molecule has 0 radical (unpaired) electrons. The average Bonchev–Trinajstić information content (AvgIpc) is 3.37. The zero-order valence-corrected chi connectivity index (χ0v) is 33.3. The molecule has 62 heavy (non-hydrogen) atoms. The highest BCUT2D eigenvalue weighted by atomic mass is 15.0. The minimum absolute atomic E-state index is 0.513. The molecule has 10 aromatic rings. The molecule has 0 atom stereocenters. The normalized spacial score (nSPS) is 10.9. The van der Waals surface area contributed by atoms with Crippen LogP contribution in [-0.2, 0) is 0 Å². The van der Waals surface area contributed by atoms with E-state index >= 15 is 0 Å². The summed E-state index contributed by atoms with van der Waals surface area (Å²) in [4.78, 5) is 34.3. The van der Waals surface area contributed by atoms with Crippen molar-refractivity contribution in [2.75, 3.05) is 0 Å². The number of rotatable bonds is 9. The molecule has 0 aliphatic carbocycles. The van der Waals surface area contributed by atoms with E-state index in [9.17, 15) is 0 Å². The van der Waals surface area contributed by atoms with E-state index in [1.54, 1.807) is 0 Å². The summed E-state index contributed by atoms with van der Waals surface area (Å²) < 4.78 is 0. The van der Waals surface area contributed by atoms with Gasteiger partial charge in [-0.15, -0.1) is 0 Å². The van der Waals surface area contributed by atoms with E-state index < -0.39 is 0 Å². The second-order valence-electron chi connectivity index (χ2n) is 14.6. The van der Waals surface area contributed by atoms with Crippen molar-refractivity contribution in [3.63, 3.8) is 0 Å². The van der Waals surface area contributed by atoms with Gasteiger partial charge in [0, 0.05) is 33.4 Å². The molecule has 0 amide bonds. The summed E-state index contributed by atoms with van der Waals surface area (Å²) >= 11 is 0. The second kappa shape index (κ2) is 16.9. The lowest BCUT2D eigenvalue weighted by Gasteiger charge is -2.16. The van der Waals surface area contributed by atoms with E-state index in [0.717, 1.165) is 66.8 Å². The van der Waals surface area contributed by atoms with Gasteiger partial charge in [-0.1, -0.05) is 188 Å². The maximum Gasteiger partial charge on any atom is 0.187 e. The Hall–Kier alpha value is -8.73. The molecule has 0 unspecified atom stereocenters. The number of hydrogen-bond donors (Lipinski definition) is 0. The SMILES string of the molecule is [C-]#[N+]c1cccc(-c2cc(-c3ccccc3-c3nc(-c4ccccc4)nc(-c4ccccc4)n3)ccc2-c2nc(-c3ccccc3)nc(-c3cccc(-c4ccccc4)c3)n2)c1. The molecule has 290 valence electrons. The Morgan fingerprint density at radius 1 is 0.242 bits per heavy atom. The van der Waals surface area contributed by atoms with Crippen LogP contribution in [0.1, 0.15) is 0 Å². The Labute approximate surface area is 359 Å². The monoisotopic (exact) mass is 793 g/mol. The molecule has 8 aromatic carbocycles. The van der Waals surface area contributed by atoms with Crippen molar-refractivity contribution in [1.82, 2.24) is 29.9 Å². The molecule has 7 nitrogen and oxygen atoms in total. The lowest BCUT2D eigenvalue weighted by molar-refractivity contribution is 1.07. The van der Waals surface area contributed by atoms with E-state index in [2.05, 4.69) is 59.4 Å². The molecule has 2 aromatic heterocycles. The van der Waals surface area contributed by atoms with Gasteiger partial charge < -0.3 is 0 Å². The topological polar surface area (TPSA) is 81.7 Å². The van der Waals surface area contributed by atoms with E-state index in [1.165, 1.54) is 0 Å². The van der Waals surface area contributed by atoms with Gasteiger partial charge in [0.05, 0.1) is 6.57 Å². The molecule has 0 bridgehead atoms. The maximum absolute atomic E-state index is 7.88. The van der Waals surface area contributed by atoms with E-state index in [4.69, 9.17) is 36.5 Å². The summed E-state index contributed by atoms with van der Waals surface area (Å²) in [7, 11) is 0. The molecule has 7 heteroatoms. The molecule has 10 rings (SSSR count). The number of aromatic nitrogens is 6. The number of benzene rings is 8. The molecule has 0 aliphatic heterocycles. The van der Waals surface area contributed by atoms with E-state index in [0.29, 0.717) is 40.6 Å². The van der Waals surface area contributed by atoms with Crippen LogP contribution >= 0.6 is 0 Å². The van der Waals surface area contributed by atoms with Crippen molar-refractivity contribution < 1.29 is 0 Å². The van der Waals surface area contributed by atoms with Crippen LogP contribution in [0.15, 0.2) is 212 Å². The lowest BCUT2D eigenvalue weighted by Crippen LogP contribution is -2.02. The summed E-state index contributed by atoms with van der Waals surface area (Å²) in [6.45, 7) is 7.88. The van der Waals surface area contributed by atoms with E-state index in [1.807, 2.05) is 158 Å². The van der Waals surface area contributed by atoms with Crippen LogP contribution in [0.5, 0.6) is 0 Å². The van der Waals surface area contributed by atoms with Crippen molar-refractivity contribution in [3.8, 4) is 102 Å². The van der Waals surface area contributed by atoms with Gasteiger partial charge in [-0.25, -0.2) is 34.7 Å². The highest BCUT2D eigenvalue weighted by Gasteiger charge is 2.20. The first-order chi connectivity index (χ1) is 30.7. The van der Waals surface area contributed by atoms with Gasteiger partial charge in [0.1, 0.15) is 0 Å². The maximum atomic E-state index is 7.88. The van der Waals surface area contributed by atoms with Gasteiger partial charge in [-0.3, -0.25) is 0 Å². The fourth-order valence-corrected chi connectivity index (χ4v) is 7.56. The molecule has 0 saturated heterocycles. The Morgan fingerprint density at radius 2 is 0.629 bits per heavy atom. The van der Waals surface area contributed by atoms with Crippen LogP contribution in [0.25, 0.3) is 107 Å². The molecular formula is C55H35N7. The van der Waals surface area contributed by atoms with Gasteiger partial charge >= 0.3 is 0 Å². The second-order valence-corrected chi connectivity index (χ2v) is 14.6. The first-order valence-electron chi connectivity index (χ1n) is 20.2. The summed E-state index contributed by atoms with van der Waals surface area (Å²) in [5.41, 5.74) is 11.5. The Kier molecular flexibility index (Phi) is 10.2. The zero-order chi connectivity index (χ0) is 41.7. The highest BCUT2D eigenvalue weighted by molar-refractivity contribution is 5.90. The quantitative estimate of drug-likeness (QED) is 0.135. The first-order valence-corrected chi connectivity index (χ1v) is 20.2. The molecule has 0 saturated carbocycles. The fraction of sp³-hybridized carbons (Fsp3) is 0. The Balaban J connectivity index is 1.16. The zero-order valence-electron chi connectivity index (χ0n) is 33.3. The lowest BCUT2D eigenvalue weighted by atomic mass is 9.92. The third-order valence-corrected chi connectivity index (χ3v) is 10.6. The molecular weight excluding hydrogens is 759 g/mol. The minimum Gasteiger partial charge on any atom is -0.238 e. The van der Waals surface area contributed by atoms with Crippen LogP contribution < -0.4 is 0 Å². The molecule has 0 aliphatic rings.